The van der Waals surface area contributed by atoms with Crippen LogP contribution in [0.25, 0.3) is 0 Å². The van der Waals surface area contributed by atoms with Crippen LogP contribution in [0, 0.1) is 5.92 Å². The predicted octanol–water partition coefficient (Wildman–Crippen LogP) is -0.855. The number of aliphatic carboxylic acids is 2. The lowest BCUT2D eigenvalue weighted by molar-refractivity contribution is -0.145. The molecule has 15 heavy (non-hydrogen) atoms. The van der Waals surface area contributed by atoms with E-state index in [4.69, 9.17) is 10.2 Å². The Bertz CT molecular complexity index is 248. The van der Waals surface area contributed by atoms with Gasteiger partial charge in [-0.2, -0.15) is 5.01 Å². The monoisotopic (exact) mass is 218 g/mol. The van der Waals surface area contributed by atoms with E-state index in [1.54, 1.807) is 13.8 Å². The summed E-state index contributed by atoms with van der Waals surface area (Å²) >= 11 is 0. The number of carbonyl (C=O) groups is 3. The van der Waals surface area contributed by atoms with Crippen LogP contribution in [0.1, 0.15) is 13.8 Å². The van der Waals surface area contributed by atoms with Crippen LogP contribution in [0.15, 0.2) is 0 Å². The standard InChI is InChI=1S/C8H14N2O5/c1-5(2)8(15)9-10(3-6(11)12)4-7(13)14/h5H,3-4H2,1-2H3,(H,9,15)(H,11,12)(H,13,14). The van der Waals surface area contributed by atoms with Gasteiger partial charge in [-0.3, -0.25) is 19.8 Å². The molecule has 0 fully saturated rings. The largest absolute Gasteiger partial charge is 0.480 e. The van der Waals surface area contributed by atoms with Crippen molar-refractivity contribution in [2.75, 3.05) is 13.1 Å². The van der Waals surface area contributed by atoms with E-state index in [1.807, 2.05) is 0 Å². The van der Waals surface area contributed by atoms with Crippen LogP contribution in [0.3, 0.4) is 0 Å². The van der Waals surface area contributed by atoms with Gasteiger partial charge in [-0.1, -0.05) is 13.8 Å². The number of carboxylic acid groups (broad SMARTS) is 2. The molecule has 7 nitrogen and oxygen atoms in total. The third kappa shape index (κ3) is 6.44. The van der Waals surface area contributed by atoms with Crippen LogP contribution in [-0.4, -0.2) is 46.2 Å². The van der Waals surface area contributed by atoms with Crippen molar-refractivity contribution in [3.05, 3.63) is 0 Å². The molecule has 0 rings (SSSR count). The summed E-state index contributed by atoms with van der Waals surface area (Å²) in [5, 5.41) is 17.8. The summed E-state index contributed by atoms with van der Waals surface area (Å²) in [6.45, 7) is 2.14. The summed E-state index contributed by atoms with van der Waals surface area (Å²) in [6.07, 6.45) is 0. The maximum absolute atomic E-state index is 11.2. The van der Waals surface area contributed by atoms with Crippen LogP contribution < -0.4 is 5.43 Å². The molecule has 0 radical (unpaired) electrons. The first-order valence-electron chi connectivity index (χ1n) is 4.32. The molecule has 0 aliphatic heterocycles. The Morgan fingerprint density at radius 3 is 1.80 bits per heavy atom. The van der Waals surface area contributed by atoms with Crippen LogP contribution in [0.2, 0.25) is 0 Å². The second kappa shape index (κ2) is 5.97. The van der Waals surface area contributed by atoms with E-state index < -0.39 is 30.9 Å². The number of hydrogen-bond acceptors (Lipinski definition) is 4. The lowest BCUT2D eigenvalue weighted by atomic mass is 10.2. The van der Waals surface area contributed by atoms with Crippen molar-refractivity contribution >= 4 is 17.8 Å². The molecule has 0 aromatic heterocycles. The molecule has 0 aliphatic carbocycles. The number of amides is 1. The summed E-state index contributed by atoms with van der Waals surface area (Å²) in [7, 11) is 0. The number of hydrazine groups is 1. The smallest absolute Gasteiger partial charge is 0.319 e. The van der Waals surface area contributed by atoms with Crippen molar-refractivity contribution in [2.45, 2.75) is 13.8 Å². The van der Waals surface area contributed by atoms with Gasteiger partial charge in [0.25, 0.3) is 0 Å². The zero-order valence-electron chi connectivity index (χ0n) is 8.56. The Balaban J connectivity index is 4.29. The van der Waals surface area contributed by atoms with E-state index in [9.17, 15) is 14.4 Å². The molecule has 0 saturated carbocycles. The second-order valence-corrected chi connectivity index (χ2v) is 3.27. The average molecular weight is 218 g/mol. The highest BCUT2D eigenvalue weighted by Crippen LogP contribution is 1.92. The summed E-state index contributed by atoms with van der Waals surface area (Å²) in [5.41, 5.74) is 2.21. The van der Waals surface area contributed by atoms with Gasteiger partial charge < -0.3 is 10.2 Å². The quantitative estimate of drug-likeness (QED) is 0.501. The minimum Gasteiger partial charge on any atom is -0.480 e. The molecule has 0 aromatic carbocycles. The van der Waals surface area contributed by atoms with Crippen molar-refractivity contribution in [1.82, 2.24) is 10.4 Å². The van der Waals surface area contributed by atoms with Crippen LogP contribution in [-0.2, 0) is 14.4 Å². The van der Waals surface area contributed by atoms with Crippen LogP contribution >= 0.6 is 0 Å². The van der Waals surface area contributed by atoms with Crippen LogP contribution in [0.4, 0.5) is 0 Å². The number of nitrogens with zero attached hydrogens (tertiary/aromatic N) is 1. The number of nitrogens with one attached hydrogen (secondary N) is 1. The molecule has 0 aliphatic rings. The van der Waals surface area contributed by atoms with Crippen molar-refractivity contribution < 1.29 is 24.6 Å². The Morgan fingerprint density at radius 1 is 1.13 bits per heavy atom. The van der Waals surface area contributed by atoms with Gasteiger partial charge in [0.1, 0.15) is 13.1 Å². The topological polar surface area (TPSA) is 107 Å². The van der Waals surface area contributed by atoms with E-state index in [2.05, 4.69) is 5.43 Å². The fourth-order valence-corrected chi connectivity index (χ4v) is 0.746. The Morgan fingerprint density at radius 2 is 1.53 bits per heavy atom. The molecular weight excluding hydrogens is 204 g/mol. The first-order chi connectivity index (χ1) is 6.82. The van der Waals surface area contributed by atoms with E-state index in [-0.39, 0.29) is 5.92 Å². The minimum atomic E-state index is -1.21. The molecule has 0 bridgehead atoms. The van der Waals surface area contributed by atoms with Gasteiger partial charge >= 0.3 is 11.9 Å². The van der Waals surface area contributed by atoms with Gasteiger partial charge in [0, 0.05) is 5.92 Å². The molecule has 7 heteroatoms. The minimum absolute atomic E-state index is 0.338. The molecular formula is C8H14N2O5. The maximum atomic E-state index is 11.2. The first-order valence-corrected chi connectivity index (χ1v) is 4.32. The SMILES string of the molecule is CC(C)C(=O)NN(CC(=O)O)CC(=O)O. The van der Waals surface area contributed by atoms with Gasteiger partial charge in [0.05, 0.1) is 0 Å². The Kier molecular flexibility index (Phi) is 5.32. The average Bonchev–Trinajstić information content (AvgIpc) is 2.00. The van der Waals surface area contributed by atoms with Crippen molar-refractivity contribution in [2.24, 2.45) is 5.92 Å². The Labute approximate surface area is 86.6 Å². The molecule has 0 aromatic rings. The molecule has 3 N–H and O–H groups in total. The predicted molar refractivity (Wildman–Crippen MR) is 49.8 cm³/mol. The number of carboxylic acids is 2. The number of hydrogen-bond donors (Lipinski definition) is 3. The second-order valence-electron chi connectivity index (χ2n) is 3.27. The van der Waals surface area contributed by atoms with Crippen molar-refractivity contribution in [1.29, 1.82) is 0 Å². The maximum Gasteiger partial charge on any atom is 0.319 e. The lowest BCUT2D eigenvalue weighted by Crippen LogP contribution is -2.48. The number of rotatable bonds is 6. The molecule has 0 saturated heterocycles. The highest BCUT2D eigenvalue weighted by atomic mass is 16.4. The number of carbonyl (C=O) groups excluding carboxylic acids is 1. The molecule has 0 spiro atoms. The van der Waals surface area contributed by atoms with Crippen molar-refractivity contribution in [3.8, 4) is 0 Å². The third-order valence-electron chi connectivity index (χ3n) is 1.44. The fraction of sp³-hybridized carbons (Fsp3) is 0.625. The summed E-state index contributed by atoms with van der Waals surface area (Å²) < 4.78 is 0. The zero-order chi connectivity index (χ0) is 12.0. The summed E-state index contributed by atoms with van der Waals surface area (Å²) in [4.78, 5) is 31.9. The molecule has 0 atom stereocenters. The highest BCUT2D eigenvalue weighted by molar-refractivity contribution is 5.79. The van der Waals surface area contributed by atoms with Gasteiger partial charge in [-0.05, 0) is 0 Å². The molecule has 1 amide bonds. The zero-order valence-corrected chi connectivity index (χ0v) is 8.56. The van der Waals surface area contributed by atoms with Gasteiger partial charge in [0.2, 0.25) is 5.91 Å². The van der Waals surface area contributed by atoms with Gasteiger partial charge in [-0.25, -0.2) is 0 Å². The van der Waals surface area contributed by atoms with Crippen LogP contribution in [0.5, 0.6) is 0 Å². The summed E-state index contributed by atoms with van der Waals surface area (Å²) in [6, 6.07) is 0. The Hall–Kier alpha value is -1.63. The van der Waals surface area contributed by atoms with Crippen molar-refractivity contribution in [3.63, 3.8) is 0 Å². The first kappa shape index (κ1) is 13.4. The normalized spacial score (nSPS) is 10.4. The molecule has 86 valence electrons. The van der Waals surface area contributed by atoms with E-state index >= 15 is 0 Å². The summed E-state index contributed by atoms with van der Waals surface area (Å²) in [5.74, 6) is -3.17. The van der Waals surface area contributed by atoms with Gasteiger partial charge in [-0.15, -0.1) is 0 Å². The molecule has 0 unspecified atom stereocenters. The van der Waals surface area contributed by atoms with Gasteiger partial charge in [0.15, 0.2) is 0 Å². The lowest BCUT2D eigenvalue weighted by Gasteiger charge is -2.20. The van der Waals surface area contributed by atoms with E-state index in [1.165, 1.54) is 0 Å². The highest BCUT2D eigenvalue weighted by Gasteiger charge is 2.17. The fourth-order valence-electron chi connectivity index (χ4n) is 0.746. The van der Waals surface area contributed by atoms with E-state index in [0.29, 0.717) is 0 Å². The molecule has 0 heterocycles. The van der Waals surface area contributed by atoms with E-state index in [0.717, 1.165) is 5.01 Å². The third-order valence-corrected chi connectivity index (χ3v) is 1.44.